The number of nitrogens with one attached hydrogen (secondary N) is 1. The van der Waals surface area contributed by atoms with Gasteiger partial charge in [0.05, 0.1) is 3.79 Å². The second kappa shape index (κ2) is 6.28. The van der Waals surface area contributed by atoms with Gasteiger partial charge in [0.1, 0.15) is 0 Å². The summed E-state index contributed by atoms with van der Waals surface area (Å²) in [6.07, 6.45) is 12.7. The van der Waals surface area contributed by atoms with E-state index in [2.05, 4.69) is 33.4 Å². The summed E-state index contributed by atoms with van der Waals surface area (Å²) in [5.41, 5.74) is 0.651. The Morgan fingerprint density at radius 1 is 1.21 bits per heavy atom. The minimum atomic E-state index is 0.651. The van der Waals surface area contributed by atoms with Crippen LogP contribution in [0.15, 0.2) is 15.9 Å². The van der Waals surface area contributed by atoms with E-state index in [4.69, 9.17) is 0 Å². The smallest absolute Gasteiger partial charge is 0.0701 e. The van der Waals surface area contributed by atoms with Crippen LogP contribution >= 0.6 is 27.3 Å². The van der Waals surface area contributed by atoms with E-state index in [0.29, 0.717) is 5.41 Å². The van der Waals surface area contributed by atoms with Crippen molar-refractivity contribution in [3.05, 3.63) is 20.8 Å². The van der Waals surface area contributed by atoms with E-state index < -0.39 is 0 Å². The third-order valence-electron chi connectivity index (χ3n) is 4.86. The molecule has 3 rings (SSSR count). The van der Waals surface area contributed by atoms with Crippen LogP contribution in [0.25, 0.3) is 0 Å². The molecule has 0 radical (unpaired) electrons. The molecule has 0 atom stereocenters. The molecule has 2 saturated carbocycles. The van der Waals surface area contributed by atoms with E-state index in [1.165, 1.54) is 68.1 Å². The van der Waals surface area contributed by atoms with Crippen molar-refractivity contribution in [3.8, 4) is 0 Å². The number of hydrogen-bond acceptors (Lipinski definition) is 2. The summed E-state index contributed by atoms with van der Waals surface area (Å²) in [5.74, 6) is 0. The van der Waals surface area contributed by atoms with Crippen molar-refractivity contribution in [2.45, 2.75) is 63.8 Å². The molecule has 1 heterocycles. The van der Waals surface area contributed by atoms with Gasteiger partial charge in [0, 0.05) is 10.9 Å². The molecule has 2 aliphatic rings. The van der Waals surface area contributed by atoms with Crippen molar-refractivity contribution in [1.82, 2.24) is 5.32 Å². The van der Waals surface area contributed by atoms with Crippen molar-refractivity contribution < 1.29 is 0 Å². The van der Waals surface area contributed by atoms with Crippen molar-refractivity contribution in [2.24, 2.45) is 5.41 Å². The molecular weight excluding hydrogens is 318 g/mol. The normalized spacial score (nSPS) is 21.9. The Morgan fingerprint density at radius 3 is 2.63 bits per heavy atom. The molecule has 1 aromatic rings. The fourth-order valence-electron chi connectivity index (χ4n) is 3.45. The highest BCUT2D eigenvalue weighted by Gasteiger charge is 2.33. The summed E-state index contributed by atoms with van der Waals surface area (Å²) < 4.78 is 1.28. The number of halogens is 1. The van der Waals surface area contributed by atoms with Crippen molar-refractivity contribution in [1.29, 1.82) is 0 Å². The average Bonchev–Trinajstić information content (AvgIpc) is 2.94. The lowest BCUT2D eigenvalue weighted by Gasteiger charge is -2.29. The quantitative estimate of drug-likeness (QED) is 0.723. The molecule has 0 aliphatic heterocycles. The van der Waals surface area contributed by atoms with Crippen molar-refractivity contribution in [3.63, 3.8) is 0 Å². The monoisotopic (exact) mass is 341 g/mol. The third kappa shape index (κ3) is 4.05. The van der Waals surface area contributed by atoms with E-state index in [-0.39, 0.29) is 0 Å². The van der Waals surface area contributed by atoms with Gasteiger partial charge in [-0.1, -0.05) is 12.8 Å². The van der Waals surface area contributed by atoms with Gasteiger partial charge in [0.15, 0.2) is 0 Å². The van der Waals surface area contributed by atoms with E-state index in [1.807, 2.05) is 11.3 Å². The Bertz CT molecular complexity index is 405. The molecule has 19 heavy (non-hydrogen) atoms. The largest absolute Gasteiger partial charge is 0.314 e. The van der Waals surface area contributed by atoms with E-state index in [9.17, 15) is 0 Å². The minimum Gasteiger partial charge on any atom is -0.314 e. The van der Waals surface area contributed by atoms with Gasteiger partial charge in [-0.05, 0) is 85.0 Å². The Hall–Kier alpha value is 0.140. The van der Waals surface area contributed by atoms with Crippen LogP contribution < -0.4 is 5.32 Å². The van der Waals surface area contributed by atoms with Crippen LogP contribution in [0.3, 0.4) is 0 Å². The van der Waals surface area contributed by atoms with Crippen LogP contribution in [0.5, 0.6) is 0 Å². The fourth-order valence-corrected chi connectivity index (χ4v) is 4.94. The predicted molar refractivity (Wildman–Crippen MR) is 86.9 cm³/mol. The molecular formula is C16H24BrNS. The molecule has 0 bridgehead atoms. The minimum absolute atomic E-state index is 0.651. The van der Waals surface area contributed by atoms with Crippen molar-refractivity contribution in [2.75, 3.05) is 6.54 Å². The van der Waals surface area contributed by atoms with Gasteiger partial charge in [0.25, 0.3) is 0 Å². The van der Waals surface area contributed by atoms with Gasteiger partial charge in [-0.15, -0.1) is 11.3 Å². The Labute approximate surface area is 129 Å². The molecule has 3 heteroatoms. The molecule has 0 spiro atoms. The highest BCUT2D eigenvalue weighted by Crippen LogP contribution is 2.45. The van der Waals surface area contributed by atoms with E-state index >= 15 is 0 Å². The number of aryl methyl sites for hydroxylation is 1. The van der Waals surface area contributed by atoms with Gasteiger partial charge >= 0.3 is 0 Å². The molecule has 1 nitrogen and oxygen atoms in total. The maximum atomic E-state index is 3.71. The average molecular weight is 342 g/mol. The second-order valence-electron chi connectivity index (χ2n) is 6.39. The first-order valence-electron chi connectivity index (χ1n) is 7.73. The summed E-state index contributed by atoms with van der Waals surface area (Å²) in [5, 5.41) is 3.71. The zero-order chi connectivity index (χ0) is 13.1. The molecule has 0 aromatic carbocycles. The summed E-state index contributed by atoms with van der Waals surface area (Å²) in [4.78, 5) is 1.55. The standard InChI is InChI=1S/C16H24BrNS/c17-15-6-5-14(19-15)7-10-16(8-1-2-9-16)11-12-18-13-3-4-13/h5-6,13,18H,1-4,7-12H2. The molecule has 2 fully saturated rings. The van der Waals surface area contributed by atoms with Gasteiger partial charge in [-0.25, -0.2) is 0 Å². The lowest BCUT2D eigenvalue weighted by molar-refractivity contribution is 0.245. The number of thiophene rings is 1. The zero-order valence-electron chi connectivity index (χ0n) is 11.6. The summed E-state index contributed by atoms with van der Waals surface area (Å²) >= 11 is 5.48. The molecule has 0 saturated heterocycles. The molecule has 1 N–H and O–H groups in total. The first kappa shape index (κ1) is 14.1. The molecule has 106 valence electrons. The molecule has 0 amide bonds. The SMILES string of the molecule is Brc1ccc(CCC2(CCNC3CC3)CCCC2)s1. The third-order valence-corrected chi connectivity index (χ3v) is 6.54. The fraction of sp³-hybridized carbons (Fsp3) is 0.750. The second-order valence-corrected chi connectivity index (χ2v) is 8.94. The van der Waals surface area contributed by atoms with Crippen LogP contribution in [-0.2, 0) is 6.42 Å². The van der Waals surface area contributed by atoms with Crippen LogP contribution in [0, 0.1) is 5.41 Å². The lowest BCUT2D eigenvalue weighted by atomic mass is 9.78. The predicted octanol–water partition coefficient (Wildman–Crippen LogP) is 5.15. The van der Waals surface area contributed by atoms with Crippen LogP contribution in [0.2, 0.25) is 0 Å². The molecule has 1 aromatic heterocycles. The topological polar surface area (TPSA) is 12.0 Å². The summed E-state index contributed by atoms with van der Waals surface area (Å²) in [6.45, 7) is 1.25. The maximum Gasteiger partial charge on any atom is 0.0701 e. The molecule has 2 aliphatic carbocycles. The maximum absolute atomic E-state index is 3.71. The van der Waals surface area contributed by atoms with Gasteiger partial charge in [0.2, 0.25) is 0 Å². The highest BCUT2D eigenvalue weighted by atomic mass is 79.9. The number of hydrogen-bond donors (Lipinski definition) is 1. The lowest BCUT2D eigenvalue weighted by Crippen LogP contribution is -2.26. The number of rotatable bonds is 7. The Balaban J connectivity index is 1.50. The molecule has 0 unspecified atom stereocenters. The first-order chi connectivity index (χ1) is 9.26. The summed E-state index contributed by atoms with van der Waals surface area (Å²) in [7, 11) is 0. The van der Waals surface area contributed by atoms with Gasteiger partial charge in [-0.2, -0.15) is 0 Å². The Kier molecular flexibility index (Phi) is 4.66. The van der Waals surface area contributed by atoms with E-state index in [0.717, 1.165) is 6.04 Å². The van der Waals surface area contributed by atoms with Gasteiger partial charge in [-0.3, -0.25) is 0 Å². The first-order valence-corrected chi connectivity index (χ1v) is 9.34. The highest BCUT2D eigenvalue weighted by molar-refractivity contribution is 9.11. The van der Waals surface area contributed by atoms with Crippen molar-refractivity contribution >= 4 is 27.3 Å². The Morgan fingerprint density at radius 2 is 2.00 bits per heavy atom. The van der Waals surface area contributed by atoms with Crippen LogP contribution in [-0.4, -0.2) is 12.6 Å². The van der Waals surface area contributed by atoms with Crippen LogP contribution in [0.1, 0.15) is 56.2 Å². The zero-order valence-corrected chi connectivity index (χ0v) is 14.0. The summed E-state index contributed by atoms with van der Waals surface area (Å²) in [6, 6.07) is 5.35. The van der Waals surface area contributed by atoms with Gasteiger partial charge < -0.3 is 5.32 Å². The van der Waals surface area contributed by atoms with E-state index in [1.54, 1.807) is 4.88 Å². The van der Waals surface area contributed by atoms with Crippen LogP contribution in [0.4, 0.5) is 0 Å².